The van der Waals surface area contributed by atoms with Crippen molar-refractivity contribution in [2.75, 3.05) is 5.73 Å². The number of hydrogen-bond acceptors (Lipinski definition) is 4. The Kier molecular flexibility index (Phi) is 3.37. The molecule has 0 unspecified atom stereocenters. The van der Waals surface area contributed by atoms with Crippen LogP contribution in [0.25, 0.3) is 0 Å². The summed E-state index contributed by atoms with van der Waals surface area (Å²) < 4.78 is 46.6. The van der Waals surface area contributed by atoms with Gasteiger partial charge in [-0.2, -0.15) is 0 Å². The Morgan fingerprint density at radius 1 is 1.47 bits per heavy atom. The first-order chi connectivity index (χ1) is 6.75. The molecule has 4 nitrogen and oxygen atoms in total. The molecule has 0 aliphatic heterocycles. The first-order valence-electron chi connectivity index (χ1n) is 3.42. The highest BCUT2D eigenvalue weighted by atomic mass is 35.7. The third-order valence-electron chi connectivity index (χ3n) is 1.50. The molecule has 0 radical (unpaired) electrons. The number of pyridine rings is 1. The molecule has 15 heavy (non-hydrogen) atoms. The van der Waals surface area contributed by atoms with Crippen molar-refractivity contribution in [1.29, 1.82) is 0 Å². The zero-order chi connectivity index (χ0) is 11.8. The van der Waals surface area contributed by atoms with Crippen molar-refractivity contribution in [3.05, 3.63) is 16.9 Å². The van der Waals surface area contributed by atoms with Crippen molar-refractivity contribution in [3.8, 4) is 0 Å². The van der Waals surface area contributed by atoms with E-state index in [1.807, 2.05) is 0 Å². The number of nitrogen functional groups attached to an aromatic ring is 1. The van der Waals surface area contributed by atoms with Crippen LogP contribution in [0.4, 0.5) is 14.5 Å². The largest absolute Gasteiger partial charge is 0.396 e. The molecule has 0 aliphatic rings. The van der Waals surface area contributed by atoms with Gasteiger partial charge < -0.3 is 5.73 Å². The van der Waals surface area contributed by atoms with Crippen LogP contribution in [0.2, 0.25) is 5.02 Å². The molecule has 84 valence electrons. The predicted octanol–water partition coefficient (Wildman–Crippen LogP) is 2.18. The van der Waals surface area contributed by atoms with E-state index in [2.05, 4.69) is 4.98 Å². The molecule has 0 atom stereocenters. The molecule has 2 N–H and O–H groups in total. The van der Waals surface area contributed by atoms with Crippen molar-refractivity contribution >= 4 is 37.0 Å². The van der Waals surface area contributed by atoms with Gasteiger partial charge in [0.1, 0.15) is 10.6 Å². The van der Waals surface area contributed by atoms with Crippen molar-refractivity contribution in [3.63, 3.8) is 0 Å². The SMILES string of the molecule is Nc1c(C(F)F)ncc(Cl)c1S(=O)(=O)Cl. The number of rotatable bonds is 2. The van der Waals surface area contributed by atoms with Crippen LogP contribution < -0.4 is 5.73 Å². The van der Waals surface area contributed by atoms with Gasteiger partial charge in [-0.25, -0.2) is 17.2 Å². The van der Waals surface area contributed by atoms with Gasteiger partial charge in [-0.3, -0.25) is 4.98 Å². The van der Waals surface area contributed by atoms with E-state index in [1.54, 1.807) is 0 Å². The standard InChI is InChI=1S/C6H4Cl2F2N2O2S/c7-2-1-12-4(6(9)10)3(11)5(2)15(8,13)14/h1,6H,11H2. The summed E-state index contributed by atoms with van der Waals surface area (Å²) in [5.74, 6) is 0. The van der Waals surface area contributed by atoms with Crippen LogP contribution in [0, 0.1) is 0 Å². The molecule has 1 rings (SSSR count). The van der Waals surface area contributed by atoms with E-state index in [1.165, 1.54) is 0 Å². The lowest BCUT2D eigenvalue weighted by Crippen LogP contribution is -2.06. The summed E-state index contributed by atoms with van der Waals surface area (Å²) in [7, 11) is 0.703. The van der Waals surface area contributed by atoms with E-state index >= 15 is 0 Å². The molecule has 1 heterocycles. The first-order valence-corrected chi connectivity index (χ1v) is 6.10. The lowest BCUT2D eigenvalue weighted by atomic mass is 10.3. The van der Waals surface area contributed by atoms with Crippen molar-refractivity contribution < 1.29 is 17.2 Å². The van der Waals surface area contributed by atoms with Gasteiger partial charge in [-0.05, 0) is 0 Å². The Morgan fingerprint density at radius 3 is 2.40 bits per heavy atom. The lowest BCUT2D eigenvalue weighted by molar-refractivity contribution is 0.147. The smallest absolute Gasteiger partial charge is 0.282 e. The molecule has 0 fully saturated rings. The second kappa shape index (κ2) is 4.07. The zero-order valence-corrected chi connectivity index (χ0v) is 9.24. The molecule has 0 spiro atoms. The number of aromatic nitrogens is 1. The number of anilines is 1. The van der Waals surface area contributed by atoms with Gasteiger partial charge in [0.05, 0.1) is 10.7 Å². The van der Waals surface area contributed by atoms with E-state index < -0.39 is 36.8 Å². The molecule has 0 aromatic carbocycles. The Hall–Kier alpha value is -0.660. The van der Waals surface area contributed by atoms with Crippen LogP contribution in [0.15, 0.2) is 11.1 Å². The molecule has 0 saturated carbocycles. The van der Waals surface area contributed by atoms with Crippen LogP contribution >= 0.6 is 22.3 Å². The molecule has 1 aromatic heterocycles. The summed E-state index contributed by atoms with van der Waals surface area (Å²) in [5, 5.41) is -0.396. The Bertz CT molecular complexity index is 492. The Balaban J connectivity index is 3.59. The van der Waals surface area contributed by atoms with E-state index in [0.717, 1.165) is 6.20 Å². The summed E-state index contributed by atoms with van der Waals surface area (Å²) in [6, 6.07) is 0. The van der Waals surface area contributed by atoms with E-state index in [-0.39, 0.29) is 0 Å². The van der Waals surface area contributed by atoms with Gasteiger partial charge in [0.2, 0.25) is 0 Å². The molecule has 1 aromatic rings. The fourth-order valence-electron chi connectivity index (χ4n) is 0.921. The highest BCUT2D eigenvalue weighted by Gasteiger charge is 2.25. The van der Waals surface area contributed by atoms with E-state index in [0.29, 0.717) is 0 Å². The number of alkyl halides is 2. The van der Waals surface area contributed by atoms with Crippen LogP contribution in [-0.4, -0.2) is 13.4 Å². The predicted molar refractivity (Wildman–Crippen MR) is 51.7 cm³/mol. The summed E-state index contributed by atoms with van der Waals surface area (Å²) in [5.41, 5.74) is 3.59. The zero-order valence-electron chi connectivity index (χ0n) is 6.92. The van der Waals surface area contributed by atoms with Crippen molar-refractivity contribution in [2.24, 2.45) is 0 Å². The summed E-state index contributed by atoms with van der Waals surface area (Å²) >= 11 is 5.44. The second-order valence-corrected chi connectivity index (χ2v) is 5.38. The third-order valence-corrected chi connectivity index (χ3v) is 3.29. The Morgan fingerprint density at radius 2 is 2.00 bits per heavy atom. The molecule has 0 amide bonds. The van der Waals surface area contributed by atoms with E-state index in [4.69, 9.17) is 28.0 Å². The maximum absolute atomic E-state index is 12.3. The van der Waals surface area contributed by atoms with E-state index in [9.17, 15) is 17.2 Å². The van der Waals surface area contributed by atoms with Crippen LogP contribution in [0.1, 0.15) is 12.1 Å². The fourth-order valence-corrected chi connectivity index (χ4v) is 2.65. The first kappa shape index (κ1) is 12.4. The van der Waals surface area contributed by atoms with Crippen LogP contribution in [0.5, 0.6) is 0 Å². The molecular weight excluding hydrogens is 273 g/mol. The maximum Gasteiger partial charge on any atom is 0.282 e. The average Bonchev–Trinajstić information content (AvgIpc) is 2.00. The summed E-state index contributed by atoms with van der Waals surface area (Å²) in [6.45, 7) is 0. The summed E-state index contributed by atoms with van der Waals surface area (Å²) in [4.78, 5) is 2.48. The number of halogens is 4. The highest BCUT2D eigenvalue weighted by molar-refractivity contribution is 8.14. The van der Waals surface area contributed by atoms with Crippen molar-refractivity contribution in [1.82, 2.24) is 4.98 Å². The van der Waals surface area contributed by atoms with Crippen LogP contribution in [-0.2, 0) is 9.05 Å². The lowest BCUT2D eigenvalue weighted by Gasteiger charge is -2.08. The Labute approximate surface area is 93.4 Å². The fraction of sp³-hybridized carbons (Fsp3) is 0.167. The maximum atomic E-state index is 12.3. The highest BCUT2D eigenvalue weighted by Crippen LogP contribution is 2.34. The summed E-state index contributed by atoms with van der Waals surface area (Å²) in [6.07, 6.45) is -2.24. The number of nitrogens with zero attached hydrogens (tertiary/aromatic N) is 1. The van der Waals surface area contributed by atoms with Gasteiger partial charge in [0.15, 0.2) is 0 Å². The minimum Gasteiger partial charge on any atom is -0.396 e. The minimum absolute atomic E-state index is 0.396. The van der Waals surface area contributed by atoms with Gasteiger partial charge in [-0.1, -0.05) is 11.6 Å². The molecule has 0 bridgehead atoms. The monoisotopic (exact) mass is 276 g/mol. The average molecular weight is 277 g/mol. The molecule has 0 saturated heterocycles. The number of nitrogens with two attached hydrogens (primary N) is 1. The van der Waals surface area contributed by atoms with Gasteiger partial charge in [-0.15, -0.1) is 0 Å². The topological polar surface area (TPSA) is 73.0 Å². The van der Waals surface area contributed by atoms with Crippen molar-refractivity contribution in [2.45, 2.75) is 11.3 Å². The van der Waals surface area contributed by atoms with Gasteiger partial charge >= 0.3 is 0 Å². The quantitative estimate of drug-likeness (QED) is 0.841. The molecular formula is C6H4Cl2F2N2O2S. The molecule has 9 heteroatoms. The van der Waals surface area contributed by atoms with Gasteiger partial charge in [0, 0.05) is 16.9 Å². The second-order valence-electron chi connectivity index (χ2n) is 2.47. The minimum atomic E-state index is -4.28. The van der Waals surface area contributed by atoms with Gasteiger partial charge in [0.25, 0.3) is 15.5 Å². The number of hydrogen-bond donors (Lipinski definition) is 1. The normalized spacial score (nSPS) is 12.1. The third kappa shape index (κ3) is 2.47. The van der Waals surface area contributed by atoms with Crippen LogP contribution in [0.3, 0.4) is 0 Å². The molecule has 0 aliphatic carbocycles.